The smallest absolute Gasteiger partial charge is 0.342 e. The Morgan fingerprint density at radius 3 is 2.52 bits per heavy atom. The molecule has 0 fully saturated rings. The number of fused-ring (bicyclic) bond motifs is 1. The molecule has 1 amide bonds. The first-order chi connectivity index (χ1) is 12.9. The fourth-order valence-corrected chi connectivity index (χ4v) is 3.25. The molecule has 7 heteroatoms. The van der Waals surface area contributed by atoms with Gasteiger partial charge in [-0.05, 0) is 31.0 Å². The zero-order valence-electron chi connectivity index (χ0n) is 15.5. The van der Waals surface area contributed by atoms with Crippen LogP contribution < -0.4 is 0 Å². The van der Waals surface area contributed by atoms with Crippen LogP contribution >= 0.6 is 0 Å². The van der Waals surface area contributed by atoms with Crippen molar-refractivity contribution >= 4 is 17.8 Å². The normalized spacial score (nSPS) is 15.8. The van der Waals surface area contributed by atoms with Crippen LogP contribution in [0.3, 0.4) is 0 Å². The van der Waals surface area contributed by atoms with E-state index in [1.54, 1.807) is 19.9 Å². The third-order valence-corrected chi connectivity index (χ3v) is 4.63. The molecule has 1 aromatic heterocycles. The van der Waals surface area contributed by atoms with E-state index in [4.69, 9.17) is 13.9 Å². The van der Waals surface area contributed by atoms with Crippen molar-refractivity contribution in [2.75, 3.05) is 13.7 Å². The number of ether oxygens (including phenoxy) is 2. The Hall–Kier alpha value is -3.09. The molecule has 0 N–H and O–H groups in total. The zero-order chi connectivity index (χ0) is 19.6. The maximum absolute atomic E-state index is 12.7. The lowest BCUT2D eigenvalue weighted by atomic mass is 9.94. The Kier molecular flexibility index (Phi) is 5.30. The summed E-state index contributed by atoms with van der Waals surface area (Å²) in [6.45, 7) is 3.18. The topological polar surface area (TPSA) is 86.0 Å². The fourth-order valence-electron chi connectivity index (χ4n) is 3.25. The van der Waals surface area contributed by atoms with Crippen LogP contribution in [0, 0.1) is 13.8 Å². The molecule has 2 aromatic rings. The highest BCUT2D eigenvalue weighted by Crippen LogP contribution is 2.24. The summed E-state index contributed by atoms with van der Waals surface area (Å²) >= 11 is 0. The van der Waals surface area contributed by atoms with E-state index in [9.17, 15) is 14.4 Å². The van der Waals surface area contributed by atoms with Gasteiger partial charge in [-0.25, -0.2) is 9.59 Å². The average Bonchev–Trinajstić information content (AvgIpc) is 3.02. The quantitative estimate of drug-likeness (QED) is 0.766. The van der Waals surface area contributed by atoms with E-state index in [0.717, 1.165) is 11.1 Å². The van der Waals surface area contributed by atoms with Crippen LogP contribution in [0.4, 0.5) is 0 Å². The second-order valence-corrected chi connectivity index (χ2v) is 6.44. The van der Waals surface area contributed by atoms with Gasteiger partial charge in [0, 0.05) is 13.0 Å². The number of aryl methyl sites for hydroxylation is 2. The third kappa shape index (κ3) is 3.86. The first-order valence-corrected chi connectivity index (χ1v) is 8.59. The largest absolute Gasteiger partial charge is 0.467 e. The first kappa shape index (κ1) is 18.7. The summed E-state index contributed by atoms with van der Waals surface area (Å²) in [5.41, 5.74) is 2.24. The second-order valence-electron chi connectivity index (χ2n) is 6.44. The Morgan fingerprint density at radius 1 is 1.19 bits per heavy atom. The van der Waals surface area contributed by atoms with Gasteiger partial charge in [-0.2, -0.15) is 0 Å². The van der Waals surface area contributed by atoms with E-state index in [1.165, 1.54) is 12.0 Å². The number of carbonyl (C=O) groups is 3. The molecule has 1 aliphatic heterocycles. The molecular weight excluding hydrogens is 350 g/mol. The van der Waals surface area contributed by atoms with Crippen LogP contribution in [0.25, 0.3) is 0 Å². The van der Waals surface area contributed by atoms with Crippen molar-refractivity contribution in [3.8, 4) is 0 Å². The number of furan rings is 1. The van der Waals surface area contributed by atoms with Gasteiger partial charge in [0.25, 0.3) is 5.91 Å². The van der Waals surface area contributed by atoms with Crippen LogP contribution in [-0.2, 0) is 32.0 Å². The third-order valence-electron chi connectivity index (χ3n) is 4.63. The van der Waals surface area contributed by atoms with Crippen LogP contribution in [0.15, 0.2) is 34.7 Å². The molecule has 3 rings (SSSR count). The lowest BCUT2D eigenvalue weighted by Crippen LogP contribution is -2.50. The predicted molar refractivity (Wildman–Crippen MR) is 95.0 cm³/mol. The van der Waals surface area contributed by atoms with E-state index < -0.39 is 30.5 Å². The lowest BCUT2D eigenvalue weighted by molar-refractivity contribution is -0.155. The number of nitrogens with zero attached hydrogens (tertiary/aromatic N) is 1. The Labute approximate surface area is 156 Å². The molecule has 0 spiro atoms. The highest BCUT2D eigenvalue weighted by molar-refractivity contribution is 5.93. The van der Waals surface area contributed by atoms with Gasteiger partial charge >= 0.3 is 11.9 Å². The van der Waals surface area contributed by atoms with Gasteiger partial charge in [0.1, 0.15) is 23.1 Å². The summed E-state index contributed by atoms with van der Waals surface area (Å²) < 4.78 is 15.3. The maximum atomic E-state index is 12.7. The number of hydrogen-bond acceptors (Lipinski definition) is 6. The van der Waals surface area contributed by atoms with Gasteiger partial charge < -0.3 is 18.8 Å². The summed E-state index contributed by atoms with van der Waals surface area (Å²) in [5.74, 6) is -0.560. The monoisotopic (exact) mass is 371 g/mol. The number of rotatable bonds is 4. The average molecular weight is 371 g/mol. The predicted octanol–water partition coefficient (Wildman–Crippen LogP) is 2.18. The van der Waals surface area contributed by atoms with Crippen molar-refractivity contribution in [2.24, 2.45) is 0 Å². The molecule has 1 aromatic carbocycles. The molecule has 0 saturated heterocycles. The molecule has 0 unspecified atom stereocenters. The van der Waals surface area contributed by atoms with Crippen molar-refractivity contribution in [1.82, 2.24) is 4.90 Å². The molecule has 0 bridgehead atoms. The van der Waals surface area contributed by atoms with Gasteiger partial charge in [0.05, 0.1) is 7.11 Å². The van der Waals surface area contributed by atoms with Crippen molar-refractivity contribution in [3.63, 3.8) is 0 Å². The highest BCUT2D eigenvalue weighted by Gasteiger charge is 2.35. The van der Waals surface area contributed by atoms with E-state index in [-0.39, 0.29) is 12.1 Å². The van der Waals surface area contributed by atoms with Crippen LogP contribution in [0.2, 0.25) is 0 Å². The molecule has 1 atom stereocenters. The summed E-state index contributed by atoms with van der Waals surface area (Å²) in [6.07, 6.45) is 0.364. The van der Waals surface area contributed by atoms with Crippen LogP contribution in [0.1, 0.15) is 33.0 Å². The van der Waals surface area contributed by atoms with Crippen molar-refractivity contribution in [1.29, 1.82) is 0 Å². The minimum Gasteiger partial charge on any atom is -0.467 e. The minimum absolute atomic E-state index is 0.260. The van der Waals surface area contributed by atoms with Gasteiger partial charge in [-0.1, -0.05) is 24.3 Å². The molecule has 142 valence electrons. The molecular formula is C20H21NO6. The van der Waals surface area contributed by atoms with Crippen LogP contribution in [-0.4, -0.2) is 42.5 Å². The molecule has 0 aliphatic carbocycles. The Bertz CT molecular complexity index is 884. The van der Waals surface area contributed by atoms with Crippen molar-refractivity contribution in [2.45, 2.75) is 32.9 Å². The van der Waals surface area contributed by atoms with E-state index >= 15 is 0 Å². The van der Waals surface area contributed by atoms with Gasteiger partial charge in [0.15, 0.2) is 6.61 Å². The fraction of sp³-hybridized carbons (Fsp3) is 0.350. The lowest BCUT2D eigenvalue weighted by Gasteiger charge is -2.35. The van der Waals surface area contributed by atoms with Gasteiger partial charge in [-0.15, -0.1) is 0 Å². The molecule has 0 radical (unpaired) electrons. The maximum Gasteiger partial charge on any atom is 0.342 e. The number of benzene rings is 1. The molecule has 1 aliphatic rings. The Morgan fingerprint density at radius 2 is 1.89 bits per heavy atom. The van der Waals surface area contributed by atoms with E-state index in [0.29, 0.717) is 17.9 Å². The number of esters is 2. The second kappa shape index (κ2) is 7.65. The first-order valence-electron chi connectivity index (χ1n) is 8.59. The van der Waals surface area contributed by atoms with Crippen molar-refractivity contribution in [3.05, 3.63) is 58.5 Å². The minimum atomic E-state index is -0.742. The zero-order valence-corrected chi connectivity index (χ0v) is 15.5. The number of amides is 1. The standard InChI is InChI=1S/C20H21NO6/c1-12-8-16(13(2)27-12)19(23)26-11-18(22)21-10-15-7-5-4-6-14(15)9-17(21)20(24)25-3/h4-8,17H,9-11H2,1-3H3/t17-/m0/s1. The Balaban J connectivity index is 1.72. The summed E-state index contributed by atoms with van der Waals surface area (Å²) in [5, 5.41) is 0. The number of hydrogen-bond donors (Lipinski definition) is 0. The SMILES string of the molecule is COC(=O)[C@@H]1Cc2ccccc2CN1C(=O)COC(=O)c1cc(C)oc1C. The highest BCUT2D eigenvalue weighted by atomic mass is 16.5. The summed E-state index contributed by atoms with van der Waals surface area (Å²) in [6, 6.07) is 8.43. The molecule has 27 heavy (non-hydrogen) atoms. The molecule has 0 saturated carbocycles. The van der Waals surface area contributed by atoms with Crippen LogP contribution in [0.5, 0.6) is 0 Å². The van der Waals surface area contributed by atoms with E-state index in [1.807, 2.05) is 24.3 Å². The van der Waals surface area contributed by atoms with Crippen molar-refractivity contribution < 1.29 is 28.3 Å². The summed E-state index contributed by atoms with van der Waals surface area (Å²) in [7, 11) is 1.29. The molecule has 2 heterocycles. The number of methoxy groups -OCH3 is 1. The number of carbonyl (C=O) groups excluding carboxylic acids is 3. The van der Waals surface area contributed by atoms with Gasteiger partial charge in [0.2, 0.25) is 0 Å². The van der Waals surface area contributed by atoms with E-state index in [2.05, 4.69) is 0 Å². The molecule has 7 nitrogen and oxygen atoms in total. The van der Waals surface area contributed by atoms with Gasteiger partial charge in [-0.3, -0.25) is 4.79 Å². The summed E-state index contributed by atoms with van der Waals surface area (Å²) in [4.78, 5) is 38.4.